The second-order valence-corrected chi connectivity index (χ2v) is 10.5. The molecule has 0 saturated carbocycles. The molecule has 1 aliphatic heterocycles. The predicted octanol–water partition coefficient (Wildman–Crippen LogP) is 4.56. The van der Waals surface area contributed by atoms with E-state index in [4.69, 9.17) is 9.47 Å². The summed E-state index contributed by atoms with van der Waals surface area (Å²) in [6.07, 6.45) is 1.55. The molecule has 7 nitrogen and oxygen atoms in total. The van der Waals surface area contributed by atoms with Crippen LogP contribution in [0.25, 0.3) is 0 Å². The number of hydrogen-bond donors (Lipinski definition) is 2. The normalized spacial score (nSPS) is 13.1. The first-order valence-corrected chi connectivity index (χ1v) is 13.5. The zero-order valence-electron chi connectivity index (χ0n) is 18.5. The molecule has 0 spiro atoms. The van der Waals surface area contributed by atoms with Crippen molar-refractivity contribution in [1.82, 2.24) is 5.32 Å². The maximum atomic E-state index is 12.9. The van der Waals surface area contributed by atoms with Gasteiger partial charge < -0.3 is 14.8 Å². The highest BCUT2D eigenvalue weighted by molar-refractivity contribution is 7.99. The number of nitrogens with one attached hydrogen (secondary N) is 2. The van der Waals surface area contributed by atoms with Crippen LogP contribution >= 0.6 is 11.8 Å². The van der Waals surface area contributed by atoms with E-state index in [0.29, 0.717) is 42.5 Å². The molecule has 34 heavy (non-hydrogen) atoms. The molecule has 1 amide bonds. The van der Waals surface area contributed by atoms with Gasteiger partial charge in [-0.05, 0) is 54.6 Å². The summed E-state index contributed by atoms with van der Waals surface area (Å²) in [6, 6.07) is 21.0. The number of sulfonamides is 1. The third-order valence-electron chi connectivity index (χ3n) is 5.02. The Balaban J connectivity index is 1.33. The van der Waals surface area contributed by atoms with Gasteiger partial charge in [0.15, 0.2) is 11.5 Å². The van der Waals surface area contributed by atoms with Crippen LogP contribution in [0.1, 0.15) is 23.2 Å². The first-order valence-electron chi connectivity index (χ1n) is 11.0. The van der Waals surface area contributed by atoms with E-state index in [1.807, 2.05) is 18.2 Å². The second-order valence-electron chi connectivity index (χ2n) is 7.62. The number of benzene rings is 3. The maximum Gasteiger partial charge on any atom is 0.262 e. The quantitative estimate of drug-likeness (QED) is 0.332. The van der Waals surface area contributed by atoms with Crippen LogP contribution < -0.4 is 19.5 Å². The number of ether oxygens (including phenoxy) is 2. The van der Waals surface area contributed by atoms with Crippen LogP contribution in [0.3, 0.4) is 0 Å². The summed E-state index contributed by atoms with van der Waals surface area (Å²) >= 11 is 1.74. The zero-order chi connectivity index (χ0) is 23.8. The van der Waals surface area contributed by atoms with Crippen LogP contribution in [0.15, 0.2) is 82.6 Å². The van der Waals surface area contributed by atoms with Crippen molar-refractivity contribution in [3.05, 3.63) is 78.4 Å². The lowest BCUT2D eigenvalue weighted by molar-refractivity contribution is 0.0954. The van der Waals surface area contributed by atoms with Crippen LogP contribution in [0, 0.1) is 0 Å². The maximum absolute atomic E-state index is 12.9. The highest BCUT2D eigenvalue weighted by atomic mass is 32.2. The Morgan fingerprint density at radius 2 is 1.71 bits per heavy atom. The molecular formula is C25H26N2O5S2. The van der Waals surface area contributed by atoms with Crippen LogP contribution in [0.4, 0.5) is 5.69 Å². The van der Waals surface area contributed by atoms with Gasteiger partial charge in [-0.15, -0.1) is 11.8 Å². The zero-order valence-corrected chi connectivity index (χ0v) is 20.2. The molecule has 9 heteroatoms. The Morgan fingerprint density at radius 1 is 0.912 bits per heavy atom. The topological polar surface area (TPSA) is 93.7 Å². The van der Waals surface area contributed by atoms with Crippen molar-refractivity contribution in [3.8, 4) is 11.5 Å². The number of amides is 1. The molecule has 1 heterocycles. The van der Waals surface area contributed by atoms with E-state index in [2.05, 4.69) is 22.2 Å². The molecule has 0 radical (unpaired) electrons. The molecule has 0 aliphatic carbocycles. The van der Waals surface area contributed by atoms with Crippen LogP contribution in [-0.4, -0.2) is 39.8 Å². The van der Waals surface area contributed by atoms with Gasteiger partial charge in [-0.2, -0.15) is 0 Å². The standard InChI is InChI=1S/C25H26N2O5S2/c28-25(26-13-5-16-33-21-9-2-1-3-10-21)19-7-4-8-20(17-19)27-34(29,30)22-11-12-23-24(18-22)32-15-6-14-31-23/h1-4,7-12,17-18,27H,5-6,13-16H2,(H,26,28). The largest absolute Gasteiger partial charge is 0.490 e. The van der Waals surface area contributed by atoms with E-state index in [9.17, 15) is 13.2 Å². The minimum atomic E-state index is -3.87. The summed E-state index contributed by atoms with van der Waals surface area (Å²) in [4.78, 5) is 13.8. The molecule has 0 fully saturated rings. The molecular weight excluding hydrogens is 472 g/mol. The van der Waals surface area contributed by atoms with Crippen molar-refractivity contribution in [2.24, 2.45) is 0 Å². The molecule has 0 atom stereocenters. The van der Waals surface area contributed by atoms with Gasteiger partial charge in [0.05, 0.1) is 18.1 Å². The van der Waals surface area contributed by atoms with Gasteiger partial charge in [-0.1, -0.05) is 24.3 Å². The number of anilines is 1. The van der Waals surface area contributed by atoms with E-state index in [0.717, 1.165) is 18.6 Å². The number of carbonyl (C=O) groups is 1. The van der Waals surface area contributed by atoms with E-state index >= 15 is 0 Å². The van der Waals surface area contributed by atoms with Gasteiger partial charge >= 0.3 is 0 Å². The van der Waals surface area contributed by atoms with E-state index < -0.39 is 10.0 Å². The Morgan fingerprint density at radius 3 is 2.53 bits per heavy atom. The summed E-state index contributed by atoms with van der Waals surface area (Å²) < 4.78 is 39.5. The molecule has 3 aromatic rings. The Kier molecular flexibility index (Phi) is 7.97. The molecule has 3 aromatic carbocycles. The van der Waals surface area contributed by atoms with Crippen molar-refractivity contribution >= 4 is 33.4 Å². The fourth-order valence-electron chi connectivity index (χ4n) is 3.33. The molecule has 4 rings (SSSR count). The third kappa shape index (κ3) is 6.45. The van der Waals surface area contributed by atoms with Crippen molar-refractivity contribution in [3.63, 3.8) is 0 Å². The van der Waals surface area contributed by atoms with Gasteiger partial charge in [-0.3, -0.25) is 9.52 Å². The van der Waals surface area contributed by atoms with Crippen LogP contribution in [-0.2, 0) is 10.0 Å². The van der Waals surface area contributed by atoms with Gasteiger partial charge in [0, 0.05) is 35.2 Å². The monoisotopic (exact) mass is 498 g/mol. The Labute approximate surface area is 203 Å². The summed E-state index contributed by atoms with van der Waals surface area (Å²) in [7, 11) is -3.87. The lowest BCUT2D eigenvalue weighted by Gasteiger charge is -2.12. The summed E-state index contributed by atoms with van der Waals surface area (Å²) in [5.74, 6) is 1.57. The minimum Gasteiger partial charge on any atom is -0.490 e. The first kappa shape index (κ1) is 24.0. The fraction of sp³-hybridized carbons (Fsp3) is 0.240. The van der Waals surface area contributed by atoms with Gasteiger partial charge in [0.1, 0.15) is 0 Å². The summed E-state index contributed by atoms with van der Waals surface area (Å²) in [6.45, 7) is 1.52. The van der Waals surface area contributed by atoms with Crippen molar-refractivity contribution < 1.29 is 22.7 Å². The summed E-state index contributed by atoms with van der Waals surface area (Å²) in [5, 5.41) is 2.89. The highest BCUT2D eigenvalue weighted by Crippen LogP contribution is 2.32. The molecule has 1 aliphatic rings. The molecule has 0 aromatic heterocycles. The number of thioether (sulfide) groups is 1. The molecule has 0 unspecified atom stereocenters. The molecule has 0 bridgehead atoms. The Hall–Kier alpha value is -3.17. The van der Waals surface area contributed by atoms with Gasteiger partial charge in [-0.25, -0.2) is 8.42 Å². The van der Waals surface area contributed by atoms with Gasteiger partial charge in [0.25, 0.3) is 15.9 Å². The van der Waals surface area contributed by atoms with Crippen LogP contribution in [0.5, 0.6) is 11.5 Å². The molecule has 2 N–H and O–H groups in total. The number of rotatable bonds is 9. The summed E-state index contributed by atoms with van der Waals surface area (Å²) in [5.41, 5.74) is 0.689. The molecule has 178 valence electrons. The second kappa shape index (κ2) is 11.3. The van der Waals surface area contributed by atoms with E-state index in [1.54, 1.807) is 36.0 Å². The van der Waals surface area contributed by atoms with Gasteiger partial charge in [0.2, 0.25) is 0 Å². The molecule has 0 saturated heterocycles. The van der Waals surface area contributed by atoms with E-state index in [-0.39, 0.29) is 10.8 Å². The number of carbonyl (C=O) groups excluding carboxylic acids is 1. The average molecular weight is 499 g/mol. The predicted molar refractivity (Wildman–Crippen MR) is 133 cm³/mol. The fourth-order valence-corrected chi connectivity index (χ4v) is 5.27. The number of hydrogen-bond acceptors (Lipinski definition) is 6. The first-order chi connectivity index (χ1) is 16.5. The average Bonchev–Trinajstić information content (AvgIpc) is 3.09. The number of fused-ring (bicyclic) bond motifs is 1. The highest BCUT2D eigenvalue weighted by Gasteiger charge is 2.19. The smallest absolute Gasteiger partial charge is 0.262 e. The SMILES string of the molecule is O=C(NCCCSc1ccccc1)c1cccc(NS(=O)(=O)c2ccc3c(c2)OCCCO3)c1. The Bertz CT molecular complexity index is 1230. The lowest BCUT2D eigenvalue weighted by Crippen LogP contribution is -2.25. The minimum absolute atomic E-state index is 0.0579. The lowest BCUT2D eigenvalue weighted by atomic mass is 10.2. The van der Waals surface area contributed by atoms with E-state index in [1.165, 1.54) is 23.1 Å². The van der Waals surface area contributed by atoms with Crippen LogP contribution in [0.2, 0.25) is 0 Å². The van der Waals surface area contributed by atoms with Crippen molar-refractivity contribution in [2.45, 2.75) is 22.6 Å². The third-order valence-corrected chi connectivity index (χ3v) is 7.50. The van der Waals surface area contributed by atoms with Crippen molar-refractivity contribution in [1.29, 1.82) is 0 Å². The van der Waals surface area contributed by atoms with Crippen molar-refractivity contribution in [2.75, 3.05) is 30.2 Å².